The molecule has 0 radical (unpaired) electrons. The van der Waals surface area contributed by atoms with E-state index in [1.54, 1.807) is 19.4 Å². The number of amides is 1. The lowest BCUT2D eigenvalue weighted by molar-refractivity contribution is 0.102. The van der Waals surface area contributed by atoms with E-state index in [0.29, 0.717) is 5.69 Å². The lowest BCUT2D eigenvalue weighted by Gasteiger charge is -2.13. The Morgan fingerprint density at radius 3 is 2.46 bits per heavy atom. The molecule has 0 spiro atoms. The SMILES string of the molecule is COc1ccccc1Nc1ccnc(C(=O)Nc2c(C)cccc2C)c1. The fourth-order valence-corrected chi connectivity index (χ4v) is 2.73. The Morgan fingerprint density at radius 2 is 1.73 bits per heavy atom. The van der Waals surface area contributed by atoms with Gasteiger partial charge in [-0.2, -0.15) is 0 Å². The second-order valence-corrected chi connectivity index (χ2v) is 5.98. The number of hydrogen-bond acceptors (Lipinski definition) is 4. The third kappa shape index (κ3) is 3.83. The second kappa shape index (κ2) is 7.70. The van der Waals surface area contributed by atoms with Crippen molar-refractivity contribution >= 4 is 23.0 Å². The third-order valence-electron chi connectivity index (χ3n) is 4.10. The molecule has 0 atom stereocenters. The molecule has 0 aliphatic rings. The van der Waals surface area contributed by atoms with Gasteiger partial charge in [0.2, 0.25) is 0 Å². The number of para-hydroxylation sites is 3. The fraction of sp³-hybridized carbons (Fsp3) is 0.143. The number of ether oxygens (including phenoxy) is 1. The summed E-state index contributed by atoms with van der Waals surface area (Å²) in [7, 11) is 1.62. The van der Waals surface area contributed by atoms with E-state index in [2.05, 4.69) is 15.6 Å². The first kappa shape index (κ1) is 17.5. The summed E-state index contributed by atoms with van der Waals surface area (Å²) in [5, 5.41) is 6.21. The van der Waals surface area contributed by atoms with Crippen molar-refractivity contribution in [2.24, 2.45) is 0 Å². The molecule has 0 bridgehead atoms. The van der Waals surface area contributed by atoms with Crippen LogP contribution in [0.15, 0.2) is 60.8 Å². The van der Waals surface area contributed by atoms with Crippen LogP contribution in [0.5, 0.6) is 5.75 Å². The highest BCUT2D eigenvalue weighted by atomic mass is 16.5. The van der Waals surface area contributed by atoms with Crippen molar-refractivity contribution in [1.29, 1.82) is 0 Å². The summed E-state index contributed by atoms with van der Waals surface area (Å²) in [6.07, 6.45) is 1.61. The number of benzene rings is 2. The number of anilines is 3. The zero-order valence-electron chi connectivity index (χ0n) is 15.0. The van der Waals surface area contributed by atoms with E-state index in [4.69, 9.17) is 4.74 Å². The van der Waals surface area contributed by atoms with Crippen LogP contribution in [-0.2, 0) is 0 Å². The van der Waals surface area contributed by atoms with Crippen LogP contribution in [0.3, 0.4) is 0 Å². The number of rotatable bonds is 5. The predicted molar refractivity (Wildman–Crippen MR) is 104 cm³/mol. The molecule has 0 aliphatic heterocycles. The molecule has 5 nitrogen and oxygen atoms in total. The molecular formula is C21H21N3O2. The largest absolute Gasteiger partial charge is 0.495 e. The lowest BCUT2D eigenvalue weighted by Crippen LogP contribution is -2.15. The Balaban J connectivity index is 1.82. The number of carbonyl (C=O) groups is 1. The monoisotopic (exact) mass is 347 g/mol. The summed E-state index contributed by atoms with van der Waals surface area (Å²) in [6.45, 7) is 3.94. The molecule has 26 heavy (non-hydrogen) atoms. The number of nitrogens with one attached hydrogen (secondary N) is 2. The first-order valence-corrected chi connectivity index (χ1v) is 8.32. The van der Waals surface area contributed by atoms with Crippen LogP contribution in [0.25, 0.3) is 0 Å². The van der Waals surface area contributed by atoms with Crippen molar-refractivity contribution in [3.8, 4) is 5.75 Å². The average Bonchev–Trinajstić information content (AvgIpc) is 2.65. The van der Waals surface area contributed by atoms with Crippen molar-refractivity contribution in [2.45, 2.75) is 13.8 Å². The van der Waals surface area contributed by atoms with E-state index in [9.17, 15) is 4.79 Å². The number of methoxy groups -OCH3 is 1. The molecule has 2 N–H and O–H groups in total. The maximum atomic E-state index is 12.6. The van der Waals surface area contributed by atoms with Gasteiger partial charge < -0.3 is 15.4 Å². The number of aryl methyl sites for hydroxylation is 2. The number of nitrogens with zero attached hydrogens (tertiary/aromatic N) is 1. The second-order valence-electron chi connectivity index (χ2n) is 5.98. The molecule has 2 aromatic carbocycles. The van der Waals surface area contributed by atoms with Crippen molar-refractivity contribution < 1.29 is 9.53 Å². The van der Waals surface area contributed by atoms with Crippen LogP contribution in [0.1, 0.15) is 21.6 Å². The van der Waals surface area contributed by atoms with Gasteiger partial charge in [0, 0.05) is 17.6 Å². The molecule has 0 aliphatic carbocycles. The van der Waals surface area contributed by atoms with E-state index in [0.717, 1.165) is 33.9 Å². The van der Waals surface area contributed by atoms with Gasteiger partial charge in [-0.15, -0.1) is 0 Å². The number of carbonyl (C=O) groups excluding carboxylic acids is 1. The Hall–Kier alpha value is -3.34. The molecule has 5 heteroatoms. The standard InChI is InChI=1S/C21H21N3O2/c1-14-7-6-8-15(2)20(14)24-21(25)18-13-16(11-12-22-18)23-17-9-4-5-10-19(17)26-3/h4-13H,1-3H3,(H,22,23)(H,24,25). The number of hydrogen-bond donors (Lipinski definition) is 2. The van der Waals surface area contributed by atoms with Crippen molar-refractivity contribution in [3.05, 3.63) is 77.6 Å². The number of aromatic nitrogens is 1. The maximum absolute atomic E-state index is 12.6. The van der Waals surface area contributed by atoms with Crippen molar-refractivity contribution in [3.63, 3.8) is 0 Å². The van der Waals surface area contributed by atoms with Gasteiger partial charge in [-0.25, -0.2) is 0 Å². The summed E-state index contributed by atoms with van der Waals surface area (Å²) in [5.41, 5.74) is 4.77. The Labute approximate surface area is 153 Å². The highest BCUT2D eigenvalue weighted by molar-refractivity contribution is 6.04. The molecular weight excluding hydrogens is 326 g/mol. The van der Waals surface area contributed by atoms with Crippen LogP contribution in [-0.4, -0.2) is 18.0 Å². The Kier molecular flexibility index (Phi) is 5.17. The minimum absolute atomic E-state index is 0.244. The van der Waals surface area contributed by atoms with E-state index < -0.39 is 0 Å². The minimum atomic E-state index is -0.244. The Bertz CT molecular complexity index is 918. The quantitative estimate of drug-likeness (QED) is 0.702. The van der Waals surface area contributed by atoms with Gasteiger partial charge in [0.15, 0.2) is 0 Å². The topological polar surface area (TPSA) is 63.2 Å². The van der Waals surface area contributed by atoms with Crippen LogP contribution in [0.4, 0.5) is 17.1 Å². The molecule has 1 aromatic heterocycles. The molecule has 0 saturated carbocycles. The molecule has 1 heterocycles. The van der Waals surface area contributed by atoms with Gasteiger partial charge in [0.05, 0.1) is 12.8 Å². The predicted octanol–water partition coefficient (Wildman–Crippen LogP) is 4.70. The van der Waals surface area contributed by atoms with Gasteiger partial charge >= 0.3 is 0 Å². The van der Waals surface area contributed by atoms with Gasteiger partial charge in [-0.1, -0.05) is 30.3 Å². The van der Waals surface area contributed by atoms with E-state index in [1.807, 2.05) is 62.4 Å². The molecule has 3 aromatic rings. The zero-order valence-corrected chi connectivity index (χ0v) is 15.0. The maximum Gasteiger partial charge on any atom is 0.274 e. The molecule has 0 fully saturated rings. The number of pyridine rings is 1. The Morgan fingerprint density at radius 1 is 1.00 bits per heavy atom. The zero-order chi connectivity index (χ0) is 18.5. The lowest BCUT2D eigenvalue weighted by atomic mass is 10.1. The van der Waals surface area contributed by atoms with Crippen molar-refractivity contribution in [1.82, 2.24) is 4.98 Å². The van der Waals surface area contributed by atoms with E-state index in [1.165, 1.54) is 0 Å². The first-order chi connectivity index (χ1) is 12.6. The van der Waals surface area contributed by atoms with Crippen LogP contribution >= 0.6 is 0 Å². The van der Waals surface area contributed by atoms with Gasteiger partial charge in [0.25, 0.3) is 5.91 Å². The molecule has 1 amide bonds. The van der Waals surface area contributed by atoms with Gasteiger partial charge in [0.1, 0.15) is 11.4 Å². The summed E-state index contributed by atoms with van der Waals surface area (Å²) in [6, 6.07) is 17.0. The highest BCUT2D eigenvalue weighted by Crippen LogP contribution is 2.27. The third-order valence-corrected chi connectivity index (χ3v) is 4.10. The minimum Gasteiger partial charge on any atom is -0.495 e. The average molecular weight is 347 g/mol. The van der Waals surface area contributed by atoms with Crippen LogP contribution in [0.2, 0.25) is 0 Å². The first-order valence-electron chi connectivity index (χ1n) is 8.32. The van der Waals surface area contributed by atoms with E-state index in [-0.39, 0.29) is 5.91 Å². The van der Waals surface area contributed by atoms with Gasteiger partial charge in [-0.3, -0.25) is 9.78 Å². The van der Waals surface area contributed by atoms with E-state index >= 15 is 0 Å². The normalized spacial score (nSPS) is 10.3. The summed E-state index contributed by atoms with van der Waals surface area (Å²) >= 11 is 0. The molecule has 3 rings (SSSR count). The summed E-state index contributed by atoms with van der Waals surface area (Å²) in [4.78, 5) is 16.8. The molecule has 132 valence electrons. The molecule has 0 saturated heterocycles. The molecule has 0 unspecified atom stereocenters. The van der Waals surface area contributed by atoms with Crippen LogP contribution in [0, 0.1) is 13.8 Å². The van der Waals surface area contributed by atoms with Gasteiger partial charge in [-0.05, 0) is 49.2 Å². The highest BCUT2D eigenvalue weighted by Gasteiger charge is 2.12. The summed E-state index contributed by atoms with van der Waals surface area (Å²) in [5.74, 6) is 0.483. The fourth-order valence-electron chi connectivity index (χ4n) is 2.73. The van der Waals surface area contributed by atoms with Crippen molar-refractivity contribution in [2.75, 3.05) is 17.7 Å². The van der Waals surface area contributed by atoms with Crippen LogP contribution < -0.4 is 15.4 Å². The summed E-state index contributed by atoms with van der Waals surface area (Å²) < 4.78 is 5.34. The smallest absolute Gasteiger partial charge is 0.274 e.